The van der Waals surface area contributed by atoms with Gasteiger partial charge < -0.3 is 9.59 Å². The summed E-state index contributed by atoms with van der Waals surface area (Å²) in [6.07, 6.45) is 0. The van der Waals surface area contributed by atoms with Crippen molar-refractivity contribution in [3.05, 3.63) is 0 Å². The Morgan fingerprint density at radius 3 is 1.09 bits per heavy atom. The Hall–Kier alpha value is -0.0800. The fourth-order valence-corrected chi connectivity index (χ4v) is 0.671. The van der Waals surface area contributed by atoms with Crippen molar-refractivity contribution in [1.82, 2.24) is 0 Å². The fraction of sp³-hybridized carbons (Fsp3) is 1.00. The molecule has 0 aromatic heterocycles. The zero-order valence-electron chi connectivity index (χ0n) is 8.72. The average molecular weight is 162 g/mol. The number of hydrogen-bond acceptors (Lipinski definition) is 1. The molecule has 0 aromatic rings. The van der Waals surface area contributed by atoms with Crippen molar-refractivity contribution in [2.45, 2.75) is 27.7 Å². The largest absolute Gasteiger partial charge is 0.397 e. The summed E-state index contributed by atoms with van der Waals surface area (Å²) in [7, 11) is 2.29. The summed E-state index contributed by atoms with van der Waals surface area (Å²) in [5, 5.41) is 7.57. The molecule has 0 unspecified atom stereocenters. The molecule has 0 aliphatic rings. The Bertz CT molecular complexity index is 61.7. The summed E-state index contributed by atoms with van der Waals surface area (Å²) in [6, 6.07) is 0. The molecule has 0 atom stereocenters. The third-order valence-electron chi connectivity index (χ3n) is 2.29. The quantitative estimate of drug-likeness (QED) is 0.623. The summed E-state index contributed by atoms with van der Waals surface area (Å²) in [5.41, 5.74) is 0. The van der Waals surface area contributed by atoms with E-state index in [4.69, 9.17) is 5.11 Å². The van der Waals surface area contributed by atoms with E-state index >= 15 is 0 Å². The monoisotopic (exact) mass is 162 g/mol. The molecule has 0 aliphatic carbocycles. The van der Waals surface area contributed by atoms with Gasteiger partial charge in [0.2, 0.25) is 0 Å². The molecule has 70 valence electrons. The molecule has 0 aliphatic heterocycles. The van der Waals surface area contributed by atoms with Crippen LogP contribution in [-0.4, -0.2) is 42.9 Å². The molecule has 2 nitrogen and oxygen atoms in total. The van der Waals surface area contributed by atoms with Gasteiger partial charge in [-0.05, 0) is 27.7 Å². The second-order valence-corrected chi connectivity index (χ2v) is 2.88. The van der Waals surface area contributed by atoms with Crippen molar-refractivity contribution < 1.29 is 9.59 Å². The maximum atomic E-state index is 7.57. The molecular weight excluding hydrogens is 138 g/mol. The molecule has 0 spiro atoms. The van der Waals surface area contributed by atoms with Gasteiger partial charge in [0, 0.05) is 6.61 Å². The molecule has 0 rings (SSSR count). The van der Waals surface area contributed by atoms with Gasteiger partial charge in [-0.25, -0.2) is 0 Å². The Morgan fingerprint density at radius 2 is 1.09 bits per heavy atom. The normalized spacial score (nSPS) is 10.4. The van der Waals surface area contributed by atoms with Crippen LogP contribution in [0.2, 0.25) is 0 Å². The topological polar surface area (TPSA) is 20.2 Å². The van der Waals surface area contributed by atoms with Gasteiger partial charge in [-0.2, -0.15) is 0 Å². The van der Waals surface area contributed by atoms with E-state index in [0.717, 1.165) is 0 Å². The number of hydrogen-bond donors (Lipinski definition) is 1. The molecular formula is C9H24NO+. The minimum absolute atomic E-state index is 0.250. The van der Waals surface area contributed by atoms with Gasteiger partial charge in [0.1, 0.15) is 0 Å². The van der Waals surface area contributed by atoms with E-state index in [1.165, 1.54) is 24.1 Å². The summed E-state index contributed by atoms with van der Waals surface area (Å²) in [6.45, 7) is 12.4. The van der Waals surface area contributed by atoms with E-state index in [1.54, 1.807) is 6.92 Å². The van der Waals surface area contributed by atoms with Crippen LogP contribution in [0, 0.1) is 0 Å². The lowest BCUT2D eigenvalue weighted by Crippen LogP contribution is -2.42. The summed E-state index contributed by atoms with van der Waals surface area (Å²) in [4.78, 5) is 0. The number of aliphatic hydroxyl groups is 1. The lowest BCUT2D eigenvalue weighted by atomic mass is 10.4. The van der Waals surface area contributed by atoms with E-state index in [1.807, 2.05) is 0 Å². The molecule has 2 heteroatoms. The second-order valence-electron chi connectivity index (χ2n) is 2.88. The van der Waals surface area contributed by atoms with E-state index in [0.29, 0.717) is 0 Å². The van der Waals surface area contributed by atoms with Crippen LogP contribution in [0.25, 0.3) is 0 Å². The van der Waals surface area contributed by atoms with E-state index in [9.17, 15) is 0 Å². The van der Waals surface area contributed by atoms with Crippen LogP contribution in [-0.2, 0) is 0 Å². The minimum Gasteiger partial charge on any atom is -0.397 e. The van der Waals surface area contributed by atoms with Crippen LogP contribution in [0.1, 0.15) is 27.7 Å². The minimum atomic E-state index is 0.250. The van der Waals surface area contributed by atoms with Crippen LogP contribution in [0.3, 0.4) is 0 Å². The van der Waals surface area contributed by atoms with E-state index in [2.05, 4.69) is 27.8 Å². The summed E-state index contributed by atoms with van der Waals surface area (Å²) < 4.78 is 1.21. The van der Waals surface area contributed by atoms with Gasteiger partial charge in [-0.1, -0.05) is 0 Å². The van der Waals surface area contributed by atoms with Crippen molar-refractivity contribution in [1.29, 1.82) is 0 Å². The first-order valence-corrected chi connectivity index (χ1v) is 4.54. The SMILES string of the molecule is CCO.CC[N+](C)(CC)CC. The van der Waals surface area contributed by atoms with Gasteiger partial charge in [0.15, 0.2) is 0 Å². The zero-order valence-corrected chi connectivity index (χ0v) is 8.72. The number of aliphatic hydroxyl groups excluding tert-OH is 1. The van der Waals surface area contributed by atoms with Crippen LogP contribution < -0.4 is 0 Å². The highest BCUT2D eigenvalue weighted by atomic mass is 16.2. The van der Waals surface area contributed by atoms with E-state index in [-0.39, 0.29) is 6.61 Å². The first-order chi connectivity index (χ1) is 5.10. The van der Waals surface area contributed by atoms with Gasteiger partial charge in [-0.3, -0.25) is 0 Å². The molecule has 0 amide bonds. The van der Waals surface area contributed by atoms with Crippen LogP contribution >= 0.6 is 0 Å². The zero-order chi connectivity index (χ0) is 9.33. The third kappa shape index (κ3) is 7.82. The van der Waals surface area contributed by atoms with Crippen LogP contribution in [0.4, 0.5) is 0 Å². The predicted molar refractivity (Wildman–Crippen MR) is 50.6 cm³/mol. The standard InChI is InChI=1S/C7H18N.C2H6O/c1-5-8(4,6-2)7-3;1-2-3/h5-7H2,1-4H3;3H,2H2,1H3/q+1;. The first kappa shape index (κ1) is 13.5. The second kappa shape index (κ2) is 8.02. The molecule has 0 heterocycles. The maximum Gasteiger partial charge on any atom is 0.0755 e. The highest BCUT2D eigenvalue weighted by Gasteiger charge is 2.10. The summed E-state index contributed by atoms with van der Waals surface area (Å²) >= 11 is 0. The Kier molecular flexibility index (Phi) is 9.85. The highest BCUT2D eigenvalue weighted by Crippen LogP contribution is 1.97. The Balaban J connectivity index is 0. The maximum absolute atomic E-state index is 7.57. The van der Waals surface area contributed by atoms with Gasteiger partial charge in [-0.15, -0.1) is 0 Å². The van der Waals surface area contributed by atoms with Crippen molar-refractivity contribution in [2.24, 2.45) is 0 Å². The van der Waals surface area contributed by atoms with Gasteiger partial charge in [0.05, 0.1) is 26.7 Å². The highest BCUT2D eigenvalue weighted by molar-refractivity contribution is 4.24. The Labute approximate surface area is 71.4 Å². The molecule has 0 fully saturated rings. The molecule has 0 radical (unpaired) electrons. The predicted octanol–water partition coefficient (Wildman–Crippen LogP) is 1.49. The smallest absolute Gasteiger partial charge is 0.0755 e. The number of nitrogens with zero attached hydrogens (tertiary/aromatic N) is 1. The van der Waals surface area contributed by atoms with Crippen LogP contribution in [0.15, 0.2) is 0 Å². The fourth-order valence-electron chi connectivity index (χ4n) is 0.671. The molecule has 1 N–H and O–H groups in total. The van der Waals surface area contributed by atoms with Crippen molar-refractivity contribution in [3.63, 3.8) is 0 Å². The average Bonchev–Trinajstić information content (AvgIpc) is 2.05. The van der Waals surface area contributed by atoms with Gasteiger partial charge in [0.25, 0.3) is 0 Å². The molecule has 11 heavy (non-hydrogen) atoms. The number of rotatable bonds is 3. The molecule has 0 saturated carbocycles. The van der Waals surface area contributed by atoms with Gasteiger partial charge >= 0.3 is 0 Å². The van der Waals surface area contributed by atoms with Crippen LogP contribution in [0.5, 0.6) is 0 Å². The van der Waals surface area contributed by atoms with Crippen molar-refractivity contribution in [3.8, 4) is 0 Å². The van der Waals surface area contributed by atoms with E-state index < -0.39 is 0 Å². The lowest BCUT2D eigenvalue weighted by molar-refractivity contribution is -0.904. The molecule has 0 saturated heterocycles. The van der Waals surface area contributed by atoms with Crippen molar-refractivity contribution >= 4 is 0 Å². The van der Waals surface area contributed by atoms with Crippen molar-refractivity contribution in [2.75, 3.05) is 33.3 Å². The molecule has 0 aromatic carbocycles. The third-order valence-corrected chi connectivity index (χ3v) is 2.29. The lowest BCUT2D eigenvalue weighted by Gasteiger charge is -2.30. The first-order valence-electron chi connectivity index (χ1n) is 4.54. The number of quaternary nitrogens is 1. The Morgan fingerprint density at radius 1 is 0.909 bits per heavy atom. The molecule has 0 bridgehead atoms. The summed E-state index contributed by atoms with van der Waals surface area (Å²) in [5.74, 6) is 0.